The predicted octanol–water partition coefficient (Wildman–Crippen LogP) is 3.70. The van der Waals surface area contributed by atoms with Crippen LogP contribution in [-0.2, 0) is 6.54 Å². The van der Waals surface area contributed by atoms with Crippen molar-refractivity contribution in [2.75, 3.05) is 13.1 Å². The summed E-state index contributed by atoms with van der Waals surface area (Å²) in [6.45, 7) is 6.25. The number of likely N-dealkylation sites (tertiary alicyclic amines) is 1. The van der Waals surface area contributed by atoms with Gasteiger partial charge in [0.05, 0.1) is 0 Å². The van der Waals surface area contributed by atoms with Crippen molar-refractivity contribution in [2.24, 2.45) is 11.3 Å². The summed E-state index contributed by atoms with van der Waals surface area (Å²) in [5, 5.41) is 0. The molecule has 1 aliphatic heterocycles. The summed E-state index contributed by atoms with van der Waals surface area (Å²) < 4.78 is 0. The predicted molar refractivity (Wildman–Crippen MR) is 71.8 cm³/mol. The Morgan fingerprint density at radius 2 is 1.88 bits per heavy atom. The lowest BCUT2D eigenvalue weighted by Gasteiger charge is -2.27. The van der Waals surface area contributed by atoms with E-state index in [9.17, 15) is 0 Å². The van der Waals surface area contributed by atoms with Crippen LogP contribution in [0.4, 0.5) is 0 Å². The molecule has 1 aromatic rings. The van der Waals surface area contributed by atoms with Gasteiger partial charge in [0.1, 0.15) is 0 Å². The highest BCUT2D eigenvalue weighted by atomic mass is 15.2. The molecule has 0 N–H and O–H groups in total. The van der Waals surface area contributed by atoms with Crippen LogP contribution < -0.4 is 0 Å². The molecule has 1 heterocycles. The topological polar surface area (TPSA) is 3.24 Å². The van der Waals surface area contributed by atoms with E-state index in [0.717, 1.165) is 12.5 Å². The molecule has 1 nitrogen and oxygen atoms in total. The first-order chi connectivity index (χ1) is 8.28. The monoisotopic (exact) mass is 229 g/mol. The maximum atomic E-state index is 2.67. The van der Waals surface area contributed by atoms with E-state index in [0.29, 0.717) is 5.41 Å². The van der Waals surface area contributed by atoms with Crippen LogP contribution in [-0.4, -0.2) is 18.0 Å². The highest BCUT2D eigenvalue weighted by Crippen LogP contribution is 2.48. The maximum absolute atomic E-state index is 2.67. The Kier molecular flexibility index (Phi) is 2.96. The van der Waals surface area contributed by atoms with Gasteiger partial charge in [0.25, 0.3) is 0 Å². The Labute approximate surface area is 105 Å². The minimum Gasteiger partial charge on any atom is -0.298 e. The van der Waals surface area contributed by atoms with Crippen molar-refractivity contribution < 1.29 is 0 Å². The Balaban J connectivity index is 1.67. The Morgan fingerprint density at radius 1 is 1.18 bits per heavy atom. The van der Waals surface area contributed by atoms with Gasteiger partial charge in [0.2, 0.25) is 0 Å². The number of hydrogen-bond acceptors (Lipinski definition) is 1. The number of nitrogens with zero attached hydrogens (tertiary/aromatic N) is 1. The van der Waals surface area contributed by atoms with Gasteiger partial charge in [-0.25, -0.2) is 0 Å². The Bertz CT molecular complexity index is 364. The first-order valence-electron chi connectivity index (χ1n) is 7.05. The molecular formula is C16H23N. The van der Waals surface area contributed by atoms with Gasteiger partial charge >= 0.3 is 0 Å². The fraction of sp³-hybridized carbons (Fsp3) is 0.625. The zero-order valence-corrected chi connectivity index (χ0v) is 10.9. The van der Waals surface area contributed by atoms with E-state index in [1.165, 1.54) is 44.3 Å². The first kappa shape index (κ1) is 11.3. The van der Waals surface area contributed by atoms with Crippen LogP contribution in [0.25, 0.3) is 0 Å². The molecule has 2 aliphatic rings. The number of benzene rings is 1. The van der Waals surface area contributed by atoms with Crippen LogP contribution in [0.5, 0.6) is 0 Å². The molecule has 0 amide bonds. The number of rotatable bonds is 2. The fourth-order valence-electron chi connectivity index (χ4n) is 3.94. The second kappa shape index (κ2) is 4.45. The number of hydrogen-bond donors (Lipinski definition) is 0. The van der Waals surface area contributed by atoms with E-state index in [4.69, 9.17) is 0 Å². The van der Waals surface area contributed by atoms with Crippen LogP contribution >= 0.6 is 0 Å². The third-order valence-corrected chi connectivity index (χ3v) is 4.96. The van der Waals surface area contributed by atoms with E-state index in [-0.39, 0.29) is 0 Å². The molecule has 0 radical (unpaired) electrons. The minimum absolute atomic E-state index is 0.675. The van der Waals surface area contributed by atoms with E-state index in [1.807, 2.05) is 0 Å². The summed E-state index contributed by atoms with van der Waals surface area (Å²) in [6, 6.07) is 10.9. The zero-order valence-electron chi connectivity index (χ0n) is 10.9. The van der Waals surface area contributed by atoms with E-state index >= 15 is 0 Å². The molecule has 0 unspecified atom stereocenters. The average molecular weight is 229 g/mol. The van der Waals surface area contributed by atoms with Crippen molar-refractivity contribution in [3.05, 3.63) is 35.9 Å². The van der Waals surface area contributed by atoms with Crippen molar-refractivity contribution in [2.45, 2.75) is 39.2 Å². The second-order valence-electron chi connectivity index (χ2n) is 6.13. The van der Waals surface area contributed by atoms with Crippen LogP contribution in [0.2, 0.25) is 0 Å². The van der Waals surface area contributed by atoms with Crippen molar-refractivity contribution in [1.82, 2.24) is 4.90 Å². The van der Waals surface area contributed by atoms with Crippen LogP contribution in [0, 0.1) is 11.3 Å². The molecule has 0 aromatic heterocycles. The minimum atomic E-state index is 0.675. The third-order valence-electron chi connectivity index (χ3n) is 4.96. The summed E-state index contributed by atoms with van der Waals surface area (Å²) in [6.07, 6.45) is 5.87. The van der Waals surface area contributed by atoms with Gasteiger partial charge in [-0.3, -0.25) is 4.90 Å². The highest BCUT2D eigenvalue weighted by molar-refractivity contribution is 5.15. The van der Waals surface area contributed by atoms with Gasteiger partial charge in [-0.15, -0.1) is 0 Å². The largest absolute Gasteiger partial charge is 0.298 e. The molecule has 1 atom stereocenters. The van der Waals surface area contributed by atoms with Gasteiger partial charge in [0.15, 0.2) is 0 Å². The molecule has 1 saturated heterocycles. The van der Waals surface area contributed by atoms with Crippen molar-refractivity contribution in [3.8, 4) is 0 Å². The van der Waals surface area contributed by atoms with Gasteiger partial charge in [0, 0.05) is 19.6 Å². The summed E-state index contributed by atoms with van der Waals surface area (Å²) >= 11 is 0. The van der Waals surface area contributed by atoms with Crippen molar-refractivity contribution in [3.63, 3.8) is 0 Å². The fourth-order valence-corrected chi connectivity index (χ4v) is 3.94. The van der Waals surface area contributed by atoms with Crippen molar-refractivity contribution >= 4 is 0 Å². The summed E-state index contributed by atoms with van der Waals surface area (Å²) in [5.41, 5.74) is 2.14. The summed E-state index contributed by atoms with van der Waals surface area (Å²) in [5.74, 6) is 0.897. The van der Waals surface area contributed by atoms with Crippen LogP contribution in [0.15, 0.2) is 30.3 Å². The molecular weight excluding hydrogens is 206 g/mol. The molecule has 1 saturated carbocycles. The molecule has 1 heteroatoms. The molecule has 17 heavy (non-hydrogen) atoms. The van der Waals surface area contributed by atoms with Crippen LogP contribution in [0.3, 0.4) is 0 Å². The molecule has 1 spiro atoms. The molecule has 1 aromatic carbocycles. The molecule has 0 bridgehead atoms. The van der Waals surface area contributed by atoms with Gasteiger partial charge in [-0.1, -0.05) is 50.1 Å². The standard InChI is InChI=1S/C16H23N/c1-14-11-17(12-15-7-3-2-4-8-15)13-16(14)9-5-6-10-16/h2-4,7-8,14H,5-6,9-13H2,1H3/t14-/m1/s1. The molecule has 2 fully saturated rings. The zero-order chi connectivity index (χ0) is 11.7. The molecule has 1 aliphatic carbocycles. The average Bonchev–Trinajstić information content (AvgIpc) is 2.90. The van der Waals surface area contributed by atoms with Gasteiger partial charge < -0.3 is 0 Å². The normalized spacial score (nSPS) is 27.9. The quantitative estimate of drug-likeness (QED) is 0.747. The molecule has 3 rings (SSSR count). The van der Waals surface area contributed by atoms with E-state index in [2.05, 4.69) is 42.2 Å². The van der Waals surface area contributed by atoms with E-state index in [1.54, 1.807) is 0 Å². The van der Waals surface area contributed by atoms with Crippen molar-refractivity contribution in [1.29, 1.82) is 0 Å². The lowest BCUT2D eigenvalue weighted by atomic mass is 9.78. The van der Waals surface area contributed by atoms with Gasteiger partial charge in [-0.05, 0) is 29.7 Å². The van der Waals surface area contributed by atoms with Crippen LogP contribution in [0.1, 0.15) is 38.2 Å². The van der Waals surface area contributed by atoms with Gasteiger partial charge in [-0.2, -0.15) is 0 Å². The lowest BCUT2D eigenvalue weighted by molar-refractivity contribution is 0.229. The lowest BCUT2D eigenvalue weighted by Crippen LogP contribution is -2.26. The highest BCUT2D eigenvalue weighted by Gasteiger charge is 2.45. The summed E-state index contributed by atoms with van der Waals surface area (Å²) in [4.78, 5) is 2.67. The Hall–Kier alpha value is -0.820. The summed E-state index contributed by atoms with van der Waals surface area (Å²) in [7, 11) is 0. The van der Waals surface area contributed by atoms with E-state index < -0.39 is 0 Å². The molecule has 92 valence electrons. The second-order valence-corrected chi connectivity index (χ2v) is 6.13. The SMILES string of the molecule is C[C@@H]1CN(Cc2ccccc2)CC12CCCC2. The first-order valence-corrected chi connectivity index (χ1v) is 7.05. The Morgan fingerprint density at radius 3 is 2.59 bits per heavy atom. The smallest absolute Gasteiger partial charge is 0.0234 e. The maximum Gasteiger partial charge on any atom is 0.0234 e. The third kappa shape index (κ3) is 2.13.